The number of halogens is 2. The van der Waals surface area contributed by atoms with E-state index in [1.54, 1.807) is 24.3 Å². The third-order valence-corrected chi connectivity index (χ3v) is 3.47. The summed E-state index contributed by atoms with van der Waals surface area (Å²) < 4.78 is 36.8. The Morgan fingerprint density at radius 3 is 2.60 bits per heavy atom. The van der Waals surface area contributed by atoms with Gasteiger partial charge < -0.3 is 9.15 Å². The van der Waals surface area contributed by atoms with Gasteiger partial charge in [-0.2, -0.15) is 0 Å². The van der Waals surface area contributed by atoms with Crippen molar-refractivity contribution in [2.24, 2.45) is 0 Å². The van der Waals surface area contributed by atoms with Gasteiger partial charge in [-0.25, -0.2) is 13.6 Å². The highest BCUT2D eigenvalue weighted by molar-refractivity contribution is 5.97. The van der Waals surface area contributed by atoms with Gasteiger partial charge in [-0.15, -0.1) is 0 Å². The number of carbonyl (C=O) groups is 2. The third kappa shape index (κ3) is 3.47. The van der Waals surface area contributed by atoms with Crippen LogP contribution in [0.4, 0.5) is 8.78 Å². The average molecular weight is 347 g/mol. The van der Waals surface area contributed by atoms with Crippen molar-refractivity contribution in [1.82, 2.24) is 4.57 Å². The molecule has 0 amide bonds. The number of fused-ring (bicyclic) bond motifs is 1. The van der Waals surface area contributed by atoms with Gasteiger partial charge in [0.1, 0.15) is 6.54 Å². The number of esters is 1. The van der Waals surface area contributed by atoms with Crippen LogP contribution in [-0.4, -0.2) is 22.9 Å². The molecule has 1 heterocycles. The van der Waals surface area contributed by atoms with Gasteiger partial charge in [0.15, 0.2) is 29.6 Å². The lowest BCUT2D eigenvalue weighted by atomic mass is 10.1. The standard InChI is InChI=1S/C17H11F2NO5/c18-11-6-5-10(7-12(11)19)14(21)9-24-16(22)8-20-13-3-1-2-4-15(13)25-17(20)23/h1-7H,8-9H2. The molecule has 3 aromatic rings. The molecule has 0 fully saturated rings. The van der Waals surface area contributed by atoms with E-state index in [2.05, 4.69) is 0 Å². The Hall–Kier alpha value is -3.29. The Kier molecular flexibility index (Phi) is 4.42. The van der Waals surface area contributed by atoms with Crippen molar-refractivity contribution >= 4 is 22.9 Å². The lowest BCUT2D eigenvalue weighted by Crippen LogP contribution is -2.23. The van der Waals surface area contributed by atoms with Gasteiger partial charge in [-0.05, 0) is 30.3 Å². The molecule has 0 atom stereocenters. The highest BCUT2D eigenvalue weighted by Gasteiger charge is 2.16. The molecule has 3 rings (SSSR count). The first kappa shape index (κ1) is 16.6. The molecule has 0 saturated heterocycles. The van der Waals surface area contributed by atoms with Crippen LogP contribution in [-0.2, 0) is 16.1 Å². The Morgan fingerprint density at radius 1 is 1.08 bits per heavy atom. The number of nitrogens with zero attached hydrogens (tertiary/aromatic N) is 1. The fourth-order valence-corrected chi connectivity index (χ4v) is 2.24. The topological polar surface area (TPSA) is 78.5 Å². The number of Topliss-reactive ketones (excluding diaryl/α,β-unsaturated/α-hetero) is 1. The molecule has 0 N–H and O–H groups in total. The first-order valence-electron chi connectivity index (χ1n) is 7.18. The summed E-state index contributed by atoms with van der Waals surface area (Å²) in [6.07, 6.45) is 0. The van der Waals surface area contributed by atoms with Crippen LogP contribution in [0.1, 0.15) is 10.4 Å². The third-order valence-electron chi connectivity index (χ3n) is 3.47. The minimum absolute atomic E-state index is 0.127. The zero-order chi connectivity index (χ0) is 18.0. The van der Waals surface area contributed by atoms with Gasteiger partial charge in [0.25, 0.3) is 0 Å². The van der Waals surface area contributed by atoms with Crippen molar-refractivity contribution in [2.75, 3.05) is 6.61 Å². The summed E-state index contributed by atoms with van der Waals surface area (Å²) in [6, 6.07) is 9.13. The molecule has 0 saturated carbocycles. The number of hydrogen-bond donors (Lipinski definition) is 0. The van der Waals surface area contributed by atoms with Crippen molar-refractivity contribution in [2.45, 2.75) is 6.54 Å². The maximum absolute atomic E-state index is 13.1. The van der Waals surface area contributed by atoms with E-state index in [0.717, 1.165) is 22.8 Å². The number of hydrogen-bond acceptors (Lipinski definition) is 5. The van der Waals surface area contributed by atoms with Gasteiger partial charge in [-0.1, -0.05) is 12.1 Å². The summed E-state index contributed by atoms with van der Waals surface area (Å²) in [5, 5.41) is 0. The van der Waals surface area contributed by atoms with Gasteiger partial charge in [0, 0.05) is 5.56 Å². The molecule has 0 aliphatic carbocycles. The van der Waals surface area contributed by atoms with E-state index in [0.29, 0.717) is 11.1 Å². The van der Waals surface area contributed by atoms with E-state index >= 15 is 0 Å². The Labute approximate surface area is 139 Å². The summed E-state index contributed by atoms with van der Waals surface area (Å²) in [7, 11) is 0. The Balaban J connectivity index is 1.66. The van der Waals surface area contributed by atoms with Crippen LogP contribution >= 0.6 is 0 Å². The first-order valence-corrected chi connectivity index (χ1v) is 7.18. The zero-order valence-electron chi connectivity index (χ0n) is 12.7. The van der Waals surface area contributed by atoms with Crippen molar-refractivity contribution < 1.29 is 27.5 Å². The van der Waals surface area contributed by atoms with Crippen LogP contribution < -0.4 is 5.76 Å². The number of carbonyl (C=O) groups excluding carboxylic acids is 2. The van der Waals surface area contributed by atoms with Crippen LogP contribution in [0.25, 0.3) is 11.1 Å². The number of aromatic nitrogens is 1. The van der Waals surface area contributed by atoms with Crippen LogP contribution in [0.3, 0.4) is 0 Å². The van der Waals surface area contributed by atoms with E-state index in [9.17, 15) is 23.2 Å². The van der Waals surface area contributed by atoms with Gasteiger partial charge in [0.05, 0.1) is 5.52 Å². The molecule has 1 aromatic heterocycles. The predicted molar refractivity (Wildman–Crippen MR) is 82.1 cm³/mol. The minimum Gasteiger partial charge on any atom is -0.456 e. The molecule has 0 unspecified atom stereocenters. The summed E-state index contributed by atoms with van der Waals surface area (Å²) in [5.74, 6) is -4.53. The molecule has 2 aromatic carbocycles. The summed E-state index contributed by atoms with van der Waals surface area (Å²) in [6.45, 7) is -1.10. The van der Waals surface area contributed by atoms with Crippen LogP contribution in [0.2, 0.25) is 0 Å². The van der Waals surface area contributed by atoms with E-state index in [1.165, 1.54) is 0 Å². The number of rotatable bonds is 5. The molecule has 128 valence electrons. The molecule has 0 aliphatic rings. The second kappa shape index (κ2) is 6.68. The van der Waals surface area contributed by atoms with Gasteiger partial charge in [0.2, 0.25) is 0 Å². The van der Waals surface area contributed by atoms with E-state index < -0.39 is 42.3 Å². The molecular formula is C17H11F2NO5. The minimum atomic E-state index is -1.17. The predicted octanol–water partition coefficient (Wildman–Crippen LogP) is 2.30. The molecule has 25 heavy (non-hydrogen) atoms. The maximum atomic E-state index is 13.1. The first-order chi connectivity index (χ1) is 12.0. The summed E-state index contributed by atoms with van der Waals surface area (Å²) in [4.78, 5) is 35.4. The molecule has 8 heteroatoms. The fourth-order valence-electron chi connectivity index (χ4n) is 2.24. The second-order valence-corrected chi connectivity index (χ2v) is 5.13. The van der Waals surface area contributed by atoms with E-state index in [4.69, 9.17) is 9.15 Å². The zero-order valence-corrected chi connectivity index (χ0v) is 12.7. The molecule has 0 spiro atoms. The van der Waals surface area contributed by atoms with Crippen LogP contribution in [0, 0.1) is 11.6 Å². The van der Waals surface area contributed by atoms with E-state index in [1.807, 2.05) is 0 Å². The Bertz CT molecular complexity index is 1020. The van der Waals surface area contributed by atoms with Crippen LogP contribution in [0.15, 0.2) is 51.7 Å². The summed E-state index contributed by atoms with van der Waals surface area (Å²) >= 11 is 0. The normalized spacial score (nSPS) is 10.8. The monoisotopic (exact) mass is 347 g/mol. The lowest BCUT2D eigenvalue weighted by molar-refractivity contribution is -0.143. The summed E-state index contributed by atoms with van der Waals surface area (Å²) in [5.41, 5.74) is 0.604. The number of para-hydroxylation sites is 2. The average Bonchev–Trinajstić information content (AvgIpc) is 2.91. The largest absolute Gasteiger partial charge is 0.456 e. The number of benzene rings is 2. The van der Waals surface area contributed by atoms with Crippen molar-refractivity contribution in [1.29, 1.82) is 0 Å². The quantitative estimate of drug-likeness (QED) is 0.523. The maximum Gasteiger partial charge on any atom is 0.420 e. The SMILES string of the molecule is O=C(Cn1c(=O)oc2ccccc21)OCC(=O)c1ccc(F)c(F)c1. The number of ether oxygens (including phenoxy) is 1. The molecular weight excluding hydrogens is 336 g/mol. The number of ketones is 1. The molecule has 6 nitrogen and oxygen atoms in total. The van der Waals surface area contributed by atoms with Crippen LogP contribution in [0.5, 0.6) is 0 Å². The Morgan fingerprint density at radius 2 is 1.84 bits per heavy atom. The molecule has 0 radical (unpaired) electrons. The highest BCUT2D eigenvalue weighted by atomic mass is 19.2. The lowest BCUT2D eigenvalue weighted by Gasteiger charge is -2.05. The number of oxazole rings is 1. The molecule has 0 bridgehead atoms. The van der Waals surface area contributed by atoms with E-state index in [-0.39, 0.29) is 5.56 Å². The molecule has 0 aliphatic heterocycles. The van der Waals surface area contributed by atoms with Crippen molar-refractivity contribution in [3.05, 3.63) is 70.2 Å². The van der Waals surface area contributed by atoms with Crippen molar-refractivity contribution in [3.63, 3.8) is 0 Å². The smallest absolute Gasteiger partial charge is 0.420 e. The van der Waals surface area contributed by atoms with Gasteiger partial charge in [-0.3, -0.25) is 14.2 Å². The highest BCUT2D eigenvalue weighted by Crippen LogP contribution is 2.12. The van der Waals surface area contributed by atoms with Gasteiger partial charge >= 0.3 is 11.7 Å². The second-order valence-electron chi connectivity index (χ2n) is 5.13. The fraction of sp³-hybridized carbons (Fsp3) is 0.118. The van der Waals surface area contributed by atoms with Crippen molar-refractivity contribution in [3.8, 4) is 0 Å².